The van der Waals surface area contributed by atoms with Crippen molar-refractivity contribution in [3.63, 3.8) is 0 Å². The molecular weight excluding hydrogens is 261 g/mol. The summed E-state index contributed by atoms with van der Waals surface area (Å²) in [6.45, 7) is 0.876. The summed E-state index contributed by atoms with van der Waals surface area (Å²) in [5.41, 5.74) is 1.70. The molecule has 6 heteroatoms. The van der Waals surface area contributed by atoms with Gasteiger partial charge in [-0.1, -0.05) is 0 Å². The van der Waals surface area contributed by atoms with Crippen molar-refractivity contribution in [3.05, 3.63) is 41.8 Å². The molecule has 2 N–H and O–H groups in total. The number of β-amino-alcohol motifs (C(OH)–C–C–N with tert-alkyl or cyclic N) is 1. The molecule has 0 aliphatic carbocycles. The van der Waals surface area contributed by atoms with Crippen LogP contribution in [-0.2, 0) is 0 Å². The molecule has 1 aliphatic rings. The number of H-pyrrole nitrogens is 1. The number of aromatic amines is 1. The third-order valence-corrected chi connectivity index (χ3v) is 3.45. The number of aliphatic hydroxyl groups is 1. The summed E-state index contributed by atoms with van der Waals surface area (Å²) in [5.74, 6) is -0.501. The van der Waals surface area contributed by atoms with E-state index in [1.165, 1.54) is 18.3 Å². The number of rotatable bonds is 2. The van der Waals surface area contributed by atoms with Crippen LogP contribution in [0.15, 0.2) is 30.5 Å². The van der Waals surface area contributed by atoms with Crippen molar-refractivity contribution in [1.29, 1.82) is 0 Å². The molecule has 1 aliphatic heterocycles. The minimum absolute atomic E-state index is 0.172. The Hall–Kier alpha value is -2.21. The van der Waals surface area contributed by atoms with Crippen molar-refractivity contribution in [1.82, 2.24) is 15.1 Å². The molecule has 1 saturated heterocycles. The van der Waals surface area contributed by atoms with Gasteiger partial charge in [0.25, 0.3) is 5.91 Å². The topological polar surface area (TPSA) is 69.2 Å². The summed E-state index contributed by atoms with van der Waals surface area (Å²) < 4.78 is 12.9. The molecule has 0 radical (unpaired) electrons. The van der Waals surface area contributed by atoms with E-state index in [1.807, 2.05) is 0 Å². The van der Waals surface area contributed by atoms with E-state index in [2.05, 4.69) is 10.2 Å². The second-order valence-corrected chi connectivity index (χ2v) is 4.86. The number of nitrogens with zero attached hydrogens (tertiary/aromatic N) is 2. The Morgan fingerprint density at radius 3 is 2.80 bits per heavy atom. The second kappa shape index (κ2) is 5.05. The van der Waals surface area contributed by atoms with Gasteiger partial charge in [0, 0.05) is 18.7 Å². The smallest absolute Gasteiger partial charge is 0.257 e. The normalized spacial score (nSPS) is 18.5. The van der Waals surface area contributed by atoms with Crippen molar-refractivity contribution >= 4 is 5.91 Å². The fourth-order valence-electron chi connectivity index (χ4n) is 2.38. The molecule has 1 fully saturated rings. The van der Waals surface area contributed by atoms with Gasteiger partial charge in [-0.25, -0.2) is 4.39 Å². The van der Waals surface area contributed by atoms with Crippen LogP contribution in [-0.4, -0.2) is 45.3 Å². The lowest BCUT2D eigenvalue weighted by atomic mass is 10.1. The first-order valence-electron chi connectivity index (χ1n) is 6.42. The zero-order valence-electron chi connectivity index (χ0n) is 10.7. The minimum atomic E-state index is -0.458. The van der Waals surface area contributed by atoms with Crippen LogP contribution in [0.25, 0.3) is 11.3 Å². The van der Waals surface area contributed by atoms with Gasteiger partial charge in [-0.05, 0) is 30.7 Å². The molecule has 0 saturated carbocycles. The van der Waals surface area contributed by atoms with Gasteiger partial charge < -0.3 is 10.0 Å². The van der Waals surface area contributed by atoms with Gasteiger partial charge in [-0.3, -0.25) is 9.89 Å². The van der Waals surface area contributed by atoms with Gasteiger partial charge in [0.2, 0.25) is 0 Å². The molecule has 0 spiro atoms. The van der Waals surface area contributed by atoms with E-state index in [1.54, 1.807) is 17.0 Å². The second-order valence-electron chi connectivity index (χ2n) is 4.86. The fraction of sp³-hybridized carbons (Fsp3) is 0.286. The van der Waals surface area contributed by atoms with Gasteiger partial charge >= 0.3 is 0 Å². The molecule has 1 amide bonds. The first-order chi connectivity index (χ1) is 9.65. The van der Waals surface area contributed by atoms with Crippen molar-refractivity contribution in [2.75, 3.05) is 13.1 Å². The third kappa shape index (κ3) is 2.30. The monoisotopic (exact) mass is 275 g/mol. The van der Waals surface area contributed by atoms with Crippen LogP contribution in [0.3, 0.4) is 0 Å². The highest BCUT2D eigenvalue weighted by molar-refractivity contribution is 5.99. The maximum atomic E-state index is 12.9. The van der Waals surface area contributed by atoms with E-state index >= 15 is 0 Å². The Bertz CT molecular complexity index is 624. The Kier molecular flexibility index (Phi) is 3.23. The van der Waals surface area contributed by atoms with Gasteiger partial charge in [-0.15, -0.1) is 0 Å². The lowest BCUT2D eigenvalue weighted by Gasteiger charge is -2.15. The fourth-order valence-corrected chi connectivity index (χ4v) is 2.38. The molecule has 20 heavy (non-hydrogen) atoms. The quantitative estimate of drug-likeness (QED) is 0.871. The van der Waals surface area contributed by atoms with Crippen LogP contribution >= 0.6 is 0 Å². The summed E-state index contributed by atoms with van der Waals surface area (Å²) in [7, 11) is 0. The van der Waals surface area contributed by atoms with E-state index in [4.69, 9.17) is 0 Å². The maximum absolute atomic E-state index is 12.9. The number of aliphatic hydroxyl groups excluding tert-OH is 1. The molecule has 0 bridgehead atoms. The Balaban J connectivity index is 1.90. The van der Waals surface area contributed by atoms with E-state index < -0.39 is 6.10 Å². The van der Waals surface area contributed by atoms with Crippen molar-refractivity contribution in [2.45, 2.75) is 12.5 Å². The summed E-state index contributed by atoms with van der Waals surface area (Å²) in [5, 5.41) is 16.2. The lowest BCUT2D eigenvalue weighted by molar-refractivity contribution is 0.0766. The van der Waals surface area contributed by atoms with Crippen LogP contribution in [0.4, 0.5) is 4.39 Å². The Morgan fingerprint density at radius 2 is 2.15 bits per heavy atom. The zero-order chi connectivity index (χ0) is 14.1. The predicted octanol–water partition coefficient (Wildman–Crippen LogP) is 1.42. The number of hydrogen-bond acceptors (Lipinski definition) is 3. The average molecular weight is 275 g/mol. The van der Waals surface area contributed by atoms with Gasteiger partial charge in [0.1, 0.15) is 5.82 Å². The van der Waals surface area contributed by atoms with Gasteiger partial charge in [0.05, 0.1) is 23.6 Å². The number of aromatic nitrogens is 2. The highest BCUT2D eigenvalue weighted by Crippen LogP contribution is 2.24. The van der Waals surface area contributed by atoms with Crippen LogP contribution in [0.1, 0.15) is 16.8 Å². The largest absolute Gasteiger partial charge is 0.391 e. The van der Waals surface area contributed by atoms with Gasteiger partial charge in [0.15, 0.2) is 0 Å². The third-order valence-electron chi connectivity index (χ3n) is 3.45. The Labute approximate surface area is 115 Å². The number of carbonyl (C=O) groups is 1. The van der Waals surface area contributed by atoms with Crippen LogP contribution in [0.2, 0.25) is 0 Å². The highest BCUT2D eigenvalue weighted by atomic mass is 19.1. The number of amides is 1. The molecule has 3 rings (SSSR count). The maximum Gasteiger partial charge on any atom is 0.257 e. The number of nitrogens with one attached hydrogen (secondary N) is 1. The van der Waals surface area contributed by atoms with Crippen LogP contribution in [0.5, 0.6) is 0 Å². The summed E-state index contributed by atoms with van der Waals surface area (Å²) in [6.07, 6.45) is 1.60. The summed E-state index contributed by atoms with van der Waals surface area (Å²) in [6, 6.07) is 5.87. The number of halogens is 1. The first kappa shape index (κ1) is 12.8. The lowest BCUT2D eigenvalue weighted by Crippen LogP contribution is -2.29. The zero-order valence-corrected chi connectivity index (χ0v) is 10.7. The molecule has 2 heterocycles. The molecule has 1 atom stereocenters. The van der Waals surface area contributed by atoms with E-state index in [0.717, 1.165) is 0 Å². The molecule has 1 aromatic heterocycles. The summed E-state index contributed by atoms with van der Waals surface area (Å²) >= 11 is 0. The highest BCUT2D eigenvalue weighted by Gasteiger charge is 2.27. The standard InChI is InChI=1S/C14H14FN3O2/c15-10-3-1-9(2-4-10)13-12(7-16-17-13)14(20)18-6-5-11(19)8-18/h1-4,7,11,19H,5-6,8H2,(H,16,17)/t11-/m0/s1. The van der Waals surface area contributed by atoms with E-state index in [0.29, 0.717) is 36.3 Å². The molecular formula is C14H14FN3O2. The van der Waals surface area contributed by atoms with Crippen LogP contribution < -0.4 is 0 Å². The van der Waals surface area contributed by atoms with Gasteiger partial charge in [-0.2, -0.15) is 5.10 Å². The summed E-state index contributed by atoms with van der Waals surface area (Å²) in [4.78, 5) is 14.0. The molecule has 5 nitrogen and oxygen atoms in total. The van der Waals surface area contributed by atoms with E-state index in [-0.39, 0.29) is 11.7 Å². The predicted molar refractivity (Wildman–Crippen MR) is 70.5 cm³/mol. The van der Waals surface area contributed by atoms with Crippen molar-refractivity contribution < 1.29 is 14.3 Å². The van der Waals surface area contributed by atoms with Crippen molar-refractivity contribution in [2.24, 2.45) is 0 Å². The molecule has 0 unspecified atom stereocenters. The molecule has 2 aromatic rings. The molecule has 1 aromatic carbocycles. The van der Waals surface area contributed by atoms with Crippen molar-refractivity contribution in [3.8, 4) is 11.3 Å². The molecule has 104 valence electrons. The minimum Gasteiger partial charge on any atom is -0.391 e. The van der Waals surface area contributed by atoms with Crippen LogP contribution in [0, 0.1) is 5.82 Å². The number of carbonyl (C=O) groups excluding carboxylic acids is 1. The SMILES string of the molecule is O=C(c1cn[nH]c1-c1ccc(F)cc1)N1CC[C@H](O)C1. The average Bonchev–Trinajstić information content (AvgIpc) is 3.07. The number of hydrogen-bond donors (Lipinski definition) is 2. The first-order valence-corrected chi connectivity index (χ1v) is 6.42. The van der Waals surface area contributed by atoms with E-state index in [9.17, 15) is 14.3 Å². The number of benzene rings is 1. The number of likely N-dealkylation sites (tertiary alicyclic amines) is 1. The Morgan fingerprint density at radius 1 is 1.40 bits per heavy atom.